The lowest BCUT2D eigenvalue weighted by atomic mass is 9.87. The van der Waals surface area contributed by atoms with Gasteiger partial charge in [0.15, 0.2) is 0 Å². The molecular formula is C8H11FO4. The maximum Gasteiger partial charge on any atom is 0.341 e. The molecular weight excluding hydrogens is 179 g/mol. The number of halogens is 1. The summed E-state index contributed by atoms with van der Waals surface area (Å²) in [4.78, 5) is 20.7. The van der Waals surface area contributed by atoms with Gasteiger partial charge in [-0.25, -0.2) is 14.0 Å². The lowest BCUT2D eigenvalue weighted by molar-refractivity contribution is -0.152. The highest BCUT2D eigenvalue weighted by molar-refractivity contribution is 5.89. The van der Waals surface area contributed by atoms with Crippen LogP contribution in [0.1, 0.15) is 13.8 Å². The summed E-state index contributed by atoms with van der Waals surface area (Å²) in [5.41, 5.74) is -3.05. The van der Waals surface area contributed by atoms with Crippen LogP contribution in [-0.2, 0) is 9.59 Å². The highest BCUT2D eigenvalue weighted by Gasteiger charge is 2.42. The van der Waals surface area contributed by atoms with Crippen LogP contribution in [0, 0.1) is 5.92 Å². The van der Waals surface area contributed by atoms with Gasteiger partial charge in [0.2, 0.25) is 5.67 Å². The number of carbonyl (C=O) groups is 2. The maximum atomic E-state index is 13.3. The van der Waals surface area contributed by atoms with Gasteiger partial charge in [0.05, 0.1) is 0 Å². The van der Waals surface area contributed by atoms with E-state index in [4.69, 9.17) is 10.2 Å². The molecule has 4 nitrogen and oxygen atoms in total. The van der Waals surface area contributed by atoms with Crippen molar-refractivity contribution in [2.45, 2.75) is 19.5 Å². The second-order valence-corrected chi connectivity index (χ2v) is 2.93. The first kappa shape index (κ1) is 11.6. The van der Waals surface area contributed by atoms with Gasteiger partial charge < -0.3 is 10.2 Å². The molecule has 0 saturated heterocycles. The van der Waals surface area contributed by atoms with Crippen molar-refractivity contribution in [2.75, 3.05) is 0 Å². The first-order valence-corrected chi connectivity index (χ1v) is 3.55. The summed E-state index contributed by atoms with van der Waals surface area (Å²) in [5, 5.41) is 16.9. The molecule has 0 amide bonds. The van der Waals surface area contributed by atoms with E-state index in [9.17, 15) is 14.0 Å². The zero-order valence-corrected chi connectivity index (χ0v) is 7.37. The standard InChI is InChI=1S/C8H11FO4/c1-4(6(10)11)5(2)8(3,9)7(12)13/h5H,1H2,2-3H3,(H,10,11)(H,12,13)/t5?,8-/m1/s1. The third-order valence-electron chi connectivity index (χ3n) is 2.03. The quantitative estimate of drug-likeness (QED) is 0.650. The van der Waals surface area contributed by atoms with Crippen LogP contribution in [0.5, 0.6) is 0 Å². The SMILES string of the molecule is C=C(C(=O)O)C(C)[C@@](C)(F)C(=O)O. The van der Waals surface area contributed by atoms with Gasteiger partial charge in [0, 0.05) is 11.5 Å². The zero-order valence-electron chi connectivity index (χ0n) is 7.37. The predicted molar refractivity (Wildman–Crippen MR) is 43.1 cm³/mol. The molecule has 0 aliphatic heterocycles. The Hall–Kier alpha value is -1.39. The number of hydrogen-bond donors (Lipinski definition) is 2. The van der Waals surface area contributed by atoms with Gasteiger partial charge in [-0.15, -0.1) is 0 Å². The van der Waals surface area contributed by atoms with Crippen LogP contribution in [0.2, 0.25) is 0 Å². The van der Waals surface area contributed by atoms with Crippen LogP contribution in [-0.4, -0.2) is 27.8 Å². The van der Waals surface area contributed by atoms with Gasteiger partial charge >= 0.3 is 11.9 Å². The summed E-state index contributed by atoms with van der Waals surface area (Å²) in [7, 11) is 0. The molecule has 0 saturated carbocycles. The van der Waals surface area contributed by atoms with Crippen molar-refractivity contribution in [3.8, 4) is 0 Å². The normalized spacial score (nSPS) is 17.2. The molecule has 0 fully saturated rings. The molecule has 0 heterocycles. The maximum absolute atomic E-state index is 13.3. The van der Waals surface area contributed by atoms with Crippen molar-refractivity contribution in [3.63, 3.8) is 0 Å². The third kappa shape index (κ3) is 2.27. The molecule has 0 aromatic rings. The molecule has 74 valence electrons. The smallest absolute Gasteiger partial charge is 0.341 e. The van der Waals surface area contributed by atoms with Gasteiger partial charge in [0.25, 0.3) is 0 Å². The minimum absolute atomic E-state index is 0.451. The Bertz CT molecular complexity index is 257. The highest BCUT2D eigenvalue weighted by atomic mass is 19.1. The average molecular weight is 190 g/mol. The van der Waals surface area contributed by atoms with Crippen LogP contribution in [0.25, 0.3) is 0 Å². The van der Waals surface area contributed by atoms with E-state index in [1.165, 1.54) is 6.92 Å². The fourth-order valence-corrected chi connectivity index (χ4v) is 0.698. The van der Waals surface area contributed by atoms with Crippen molar-refractivity contribution in [3.05, 3.63) is 12.2 Å². The van der Waals surface area contributed by atoms with E-state index in [1.54, 1.807) is 0 Å². The molecule has 5 heteroatoms. The number of aliphatic carboxylic acids is 2. The van der Waals surface area contributed by atoms with E-state index in [-0.39, 0.29) is 0 Å². The summed E-state index contributed by atoms with van der Waals surface area (Å²) in [6.45, 7) is 5.08. The Morgan fingerprint density at radius 3 is 2.08 bits per heavy atom. The molecule has 0 aromatic heterocycles. The molecule has 0 aliphatic rings. The van der Waals surface area contributed by atoms with Crippen LogP contribution in [0.4, 0.5) is 4.39 Å². The summed E-state index contributed by atoms with van der Waals surface area (Å²) >= 11 is 0. The number of rotatable bonds is 4. The number of alkyl halides is 1. The fraction of sp³-hybridized carbons (Fsp3) is 0.500. The van der Waals surface area contributed by atoms with Crippen LogP contribution in [0.3, 0.4) is 0 Å². The molecule has 0 aliphatic carbocycles. The second-order valence-electron chi connectivity index (χ2n) is 2.93. The number of carboxylic acid groups (broad SMARTS) is 2. The summed E-state index contributed by atoms with van der Waals surface area (Å²) in [6.07, 6.45) is 0. The van der Waals surface area contributed by atoms with Crippen molar-refractivity contribution in [1.82, 2.24) is 0 Å². The minimum Gasteiger partial charge on any atom is -0.479 e. The van der Waals surface area contributed by atoms with E-state index >= 15 is 0 Å². The molecule has 0 radical (unpaired) electrons. The Balaban J connectivity index is 4.79. The second kappa shape index (κ2) is 3.55. The molecule has 13 heavy (non-hydrogen) atoms. The lowest BCUT2D eigenvalue weighted by Gasteiger charge is -2.22. The molecule has 0 bridgehead atoms. The summed E-state index contributed by atoms with van der Waals surface area (Å²) in [6, 6.07) is 0. The predicted octanol–water partition coefficient (Wildman–Crippen LogP) is 1.08. The van der Waals surface area contributed by atoms with Gasteiger partial charge in [-0.2, -0.15) is 0 Å². The monoisotopic (exact) mass is 190 g/mol. The largest absolute Gasteiger partial charge is 0.479 e. The van der Waals surface area contributed by atoms with E-state index in [0.717, 1.165) is 6.92 Å². The van der Waals surface area contributed by atoms with E-state index in [1.807, 2.05) is 0 Å². The van der Waals surface area contributed by atoms with Gasteiger partial charge in [-0.1, -0.05) is 13.5 Å². The minimum atomic E-state index is -2.60. The van der Waals surface area contributed by atoms with Crippen molar-refractivity contribution >= 4 is 11.9 Å². The lowest BCUT2D eigenvalue weighted by Crippen LogP contribution is -2.39. The molecule has 0 aromatic carbocycles. The summed E-state index contributed by atoms with van der Waals surface area (Å²) in [5.74, 6) is -4.34. The Morgan fingerprint density at radius 2 is 1.85 bits per heavy atom. The average Bonchev–Trinajstić information content (AvgIpc) is 2.01. The van der Waals surface area contributed by atoms with Crippen molar-refractivity contribution in [1.29, 1.82) is 0 Å². The van der Waals surface area contributed by atoms with Gasteiger partial charge in [-0.3, -0.25) is 0 Å². The third-order valence-corrected chi connectivity index (χ3v) is 2.03. The van der Waals surface area contributed by atoms with E-state index in [2.05, 4.69) is 6.58 Å². The van der Waals surface area contributed by atoms with Gasteiger partial charge in [-0.05, 0) is 6.92 Å². The summed E-state index contributed by atoms with van der Waals surface area (Å²) < 4.78 is 13.3. The van der Waals surface area contributed by atoms with E-state index in [0.29, 0.717) is 0 Å². The van der Waals surface area contributed by atoms with E-state index < -0.39 is 29.1 Å². The number of hydrogen-bond acceptors (Lipinski definition) is 2. The highest BCUT2D eigenvalue weighted by Crippen LogP contribution is 2.27. The molecule has 2 N–H and O–H groups in total. The molecule has 0 spiro atoms. The zero-order chi connectivity index (χ0) is 10.8. The molecule has 0 rings (SSSR count). The van der Waals surface area contributed by atoms with Crippen molar-refractivity contribution in [2.24, 2.45) is 5.92 Å². The first-order valence-electron chi connectivity index (χ1n) is 3.55. The first-order chi connectivity index (χ1) is 5.71. The fourth-order valence-electron chi connectivity index (χ4n) is 0.698. The van der Waals surface area contributed by atoms with Crippen LogP contribution < -0.4 is 0 Å². The Morgan fingerprint density at radius 1 is 1.46 bits per heavy atom. The Labute approximate surface area is 74.7 Å². The molecule has 1 unspecified atom stereocenters. The topological polar surface area (TPSA) is 74.6 Å². The number of carboxylic acids is 2. The van der Waals surface area contributed by atoms with Gasteiger partial charge in [0.1, 0.15) is 0 Å². The van der Waals surface area contributed by atoms with Crippen molar-refractivity contribution < 1.29 is 24.2 Å². The van der Waals surface area contributed by atoms with Crippen LogP contribution >= 0.6 is 0 Å². The molecule has 2 atom stereocenters. The Kier molecular flexibility index (Phi) is 3.17. The van der Waals surface area contributed by atoms with Crippen LogP contribution in [0.15, 0.2) is 12.2 Å².